The van der Waals surface area contributed by atoms with Gasteiger partial charge in [-0.3, -0.25) is 0 Å². The van der Waals surface area contributed by atoms with Crippen molar-refractivity contribution in [2.24, 2.45) is 0 Å². The molecule has 0 saturated heterocycles. The highest BCUT2D eigenvalue weighted by Crippen LogP contribution is 2.15. The predicted octanol–water partition coefficient (Wildman–Crippen LogP) is 2.22. The van der Waals surface area contributed by atoms with Gasteiger partial charge in [0.25, 0.3) is 0 Å². The summed E-state index contributed by atoms with van der Waals surface area (Å²) in [5.41, 5.74) is 0. The van der Waals surface area contributed by atoms with Gasteiger partial charge in [-0.1, -0.05) is 8.20 Å². The third kappa shape index (κ3) is 7.03. The standard InChI is InChI=1S/C4H11P3/c1-4(5)7-3-6-2/h6H,3,5H2,1-2H3. The van der Waals surface area contributed by atoms with Crippen LogP contribution < -0.4 is 0 Å². The quantitative estimate of drug-likeness (QED) is 0.532. The van der Waals surface area contributed by atoms with Gasteiger partial charge in [0.2, 0.25) is 0 Å². The van der Waals surface area contributed by atoms with Crippen molar-refractivity contribution >= 4 is 31.1 Å². The largest absolute Gasteiger partial charge is 0.117 e. The van der Waals surface area contributed by atoms with Crippen LogP contribution in [-0.2, 0) is 0 Å². The fraction of sp³-hybridized carbons (Fsp3) is 0.750. The van der Waals surface area contributed by atoms with Crippen LogP contribution in [-0.4, -0.2) is 17.6 Å². The number of hydrogen-bond donors (Lipinski definition) is 0. The van der Waals surface area contributed by atoms with Crippen LogP contribution in [0.2, 0.25) is 0 Å². The fourth-order valence-corrected chi connectivity index (χ4v) is 2.66. The molecule has 0 N–H and O–H groups in total. The van der Waals surface area contributed by atoms with Gasteiger partial charge < -0.3 is 0 Å². The Balaban J connectivity index is 3.08. The molecule has 0 saturated carbocycles. The van der Waals surface area contributed by atoms with Crippen molar-refractivity contribution in [1.29, 1.82) is 0 Å². The maximum Gasteiger partial charge on any atom is 0.00699 e. The van der Waals surface area contributed by atoms with E-state index in [1.165, 1.54) is 19.1 Å². The van der Waals surface area contributed by atoms with Crippen molar-refractivity contribution < 1.29 is 0 Å². The molecular formula is C4H11P3. The maximum absolute atomic E-state index is 2.72. The Morgan fingerprint density at radius 3 is 2.57 bits per heavy atom. The van der Waals surface area contributed by atoms with Crippen molar-refractivity contribution in [3.8, 4) is 0 Å². The van der Waals surface area contributed by atoms with Gasteiger partial charge in [-0.25, -0.2) is 0 Å². The van der Waals surface area contributed by atoms with Gasteiger partial charge in [0.05, 0.1) is 0 Å². The fourth-order valence-electron chi connectivity index (χ4n) is 0.204. The van der Waals surface area contributed by atoms with Gasteiger partial charge in [0.1, 0.15) is 0 Å². The molecule has 2 unspecified atom stereocenters. The van der Waals surface area contributed by atoms with E-state index in [0.717, 1.165) is 8.58 Å². The summed E-state index contributed by atoms with van der Waals surface area (Å²) in [6.45, 7) is 4.38. The van der Waals surface area contributed by atoms with E-state index in [1.807, 2.05) is 0 Å². The average molecular weight is 152 g/mol. The van der Waals surface area contributed by atoms with Crippen LogP contribution in [0.5, 0.6) is 0 Å². The van der Waals surface area contributed by atoms with E-state index in [1.54, 1.807) is 0 Å². The summed E-state index contributed by atoms with van der Waals surface area (Å²) in [6, 6.07) is 0. The monoisotopic (exact) mass is 152 g/mol. The summed E-state index contributed by atoms with van der Waals surface area (Å²) in [5, 5.41) is 1.45. The highest BCUT2D eigenvalue weighted by Gasteiger charge is 1.73. The van der Waals surface area contributed by atoms with Crippen LogP contribution in [0.1, 0.15) is 6.92 Å². The molecule has 0 aliphatic carbocycles. The Hall–Kier alpha value is 1.03. The minimum Gasteiger partial charge on any atom is -0.117 e. The lowest BCUT2D eigenvalue weighted by molar-refractivity contribution is 2.10. The predicted molar refractivity (Wildman–Crippen MR) is 46.4 cm³/mol. The summed E-state index contributed by atoms with van der Waals surface area (Å²) < 4.78 is 0. The molecule has 0 spiro atoms. The van der Waals surface area contributed by atoms with Gasteiger partial charge in [-0.15, -0.1) is 17.8 Å². The zero-order valence-electron chi connectivity index (χ0n) is 4.73. The highest BCUT2D eigenvalue weighted by molar-refractivity contribution is 7.68. The molecule has 0 heterocycles. The molecule has 0 rings (SSSR count). The Morgan fingerprint density at radius 1 is 1.86 bits per heavy atom. The Labute approximate surface area is 51.3 Å². The summed E-state index contributed by atoms with van der Waals surface area (Å²) in [4.78, 5) is 0. The van der Waals surface area contributed by atoms with Gasteiger partial charge >= 0.3 is 0 Å². The molecule has 0 aromatic heterocycles. The zero-order valence-corrected chi connectivity index (χ0v) is 7.78. The van der Waals surface area contributed by atoms with E-state index in [2.05, 4.69) is 22.8 Å². The molecular weight excluding hydrogens is 141 g/mol. The van der Waals surface area contributed by atoms with Crippen LogP contribution in [0.25, 0.3) is 0 Å². The van der Waals surface area contributed by atoms with E-state index < -0.39 is 0 Å². The minimum atomic E-state index is 1.10. The molecule has 0 fully saturated rings. The van der Waals surface area contributed by atoms with Crippen molar-refractivity contribution in [3.05, 3.63) is 0 Å². The van der Waals surface area contributed by atoms with Crippen molar-refractivity contribution in [3.63, 3.8) is 0 Å². The molecule has 3 heteroatoms. The summed E-state index contributed by atoms with van der Waals surface area (Å²) >= 11 is 0. The third-order valence-corrected chi connectivity index (χ3v) is 3.43. The molecule has 0 nitrogen and oxygen atoms in total. The van der Waals surface area contributed by atoms with Crippen LogP contribution in [0.3, 0.4) is 0 Å². The lowest BCUT2D eigenvalue weighted by Gasteiger charge is -1.84. The lowest BCUT2D eigenvalue weighted by atomic mass is 11.0. The maximum atomic E-state index is 2.72. The van der Waals surface area contributed by atoms with Gasteiger partial charge in [0, 0.05) is 5.90 Å². The van der Waals surface area contributed by atoms with Crippen molar-refractivity contribution in [1.82, 2.24) is 0 Å². The zero-order chi connectivity index (χ0) is 5.70. The molecule has 0 aromatic carbocycles. The van der Waals surface area contributed by atoms with E-state index in [9.17, 15) is 0 Å². The van der Waals surface area contributed by atoms with Crippen LogP contribution >= 0.6 is 26.0 Å². The minimum absolute atomic E-state index is 1.10. The SMILES string of the molecule is CPCP=C(C)P. The van der Waals surface area contributed by atoms with E-state index >= 15 is 0 Å². The Morgan fingerprint density at radius 2 is 2.43 bits per heavy atom. The molecule has 0 aliphatic rings. The normalized spacial score (nSPS) is 13.9. The average Bonchev–Trinajstić information content (AvgIpc) is 1.61. The Kier molecular flexibility index (Phi) is 5.93. The number of hydrogen-bond acceptors (Lipinski definition) is 0. The van der Waals surface area contributed by atoms with Crippen LogP contribution in [0.4, 0.5) is 0 Å². The second-order valence-corrected chi connectivity index (χ2v) is 5.66. The van der Waals surface area contributed by atoms with Gasteiger partial charge in [-0.2, -0.15) is 0 Å². The molecule has 0 aromatic rings. The first-order chi connectivity index (χ1) is 3.27. The molecule has 0 radical (unpaired) electrons. The first-order valence-electron chi connectivity index (χ1n) is 2.18. The van der Waals surface area contributed by atoms with Gasteiger partial charge in [0.15, 0.2) is 0 Å². The van der Waals surface area contributed by atoms with E-state index in [4.69, 9.17) is 0 Å². The van der Waals surface area contributed by atoms with Crippen LogP contribution in [0.15, 0.2) is 0 Å². The molecule has 2 atom stereocenters. The molecule has 7 heavy (non-hydrogen) atoms. The van der Waals surface area contributed by atoms with Crippen LogP contribution in [0, 0.1) is 0 Å². The molecule has 0 aliphatic heterocycles. The second-order valence-electron chi connectivity index (χ2n) is 1.31. The number of rotatable bonds is 2. The summed E-state index contributed by atoms with van der Waals surface area (Å²) in [6.07, 6.45) is 0. The first kappa shape index (κ1) is 8.03. The summed E-state index contributed by atoms with van der Waals surface area (Å²) in [5.74, 6) is 1.34. The van der Waals surface area contributed by atoms with Crippen molar-refractivity contribution in [2.45, 2.75) is 6.92 Å². The second kappa shape index (κ2) is 5.17. The smallest absolute Gasteiger partial charge is 0.00699 e. The van der Waals surface area contributed by atoms with E-state index in [-0.39, 0.29) is 0 Å². The highest BCUT2D eigenvalue weighted by atomic mass is 31.1. The van der Waals surface area contributed by atoms with E-state index in [0.29, 0.717) is 0 Å². The molecule has 42 valence electrons. The summed E-state index contributed by atoms with van der Waals surface area (Å²) in [7, 11) is 5.32. The Bertz CT molecular complexity index is 63.3. The third-order valence-electron chi connectivity index (χ3n) is 0.487. The lowest BCUT2D eigenvalue weighted by Crippen LogP contribution is -1.62. The topological polar surface area (TPSA) is 0 Å². The first-order valence-corrected chi connectivity index (χ1v) is 5.55. The van der Waals surface area contributed by atoms with Crippen molar-refractivity contribution in [2.75, 3.05) is 12.6 Å². The molecule has 0 bridgehead atoms. The van der Waals surface area contributed by atoms with Gasteiger partial charge in [-0.05, 0) is 18.6 Å². The molecule has 0 amide bonds.